The molecule has 1 aromatic rings. The summed E-state index contributed by atoms with van der Waals surface area (Å²) in [5.74, 6) is -0.0963. The Bertz CT molecular complexity index is 580. The smallest absolute Gasteiger partial charge is 0.409 e. The summed E-state index contributed by atoms with van der Waals surface area (Å²) in [7, 11) is 2.87. The Morgan fingerprint density at radius 2 is 1.57 bits per heavy atom. The van der Waals surface area contributed by atoms with Gasteiger partial charge in [-0.15, -0.1) is 0 Å². The van der Waals surface area contributed by atoms with Crippen LogP contribution in [0, 0.1) is 0 Å². The number of anilines is 1. The summed E-state index contributed by atoms with van der Waals surface area (Å²) in [5.41, 5.74) is 1.15. The van der Waals surface area contributed by atoms with Crippen molar-refractivity contribution >= 4 is 23.7 Å². The number of urea groups is 1. The molecule has 2 N–H and O–H groups in total. The van der Waals surface area contributed by atoms with Crippen LogP contribution in [0.1, 0.15) is 10.4 Å². The number of hydrogen-bond acceptors (Lipinski definition) is 4. The molecule has 8 heteroatoms. The molecule has 1 aliphatic rings. The molecule has 0 saturated carbocycles. The van der Waals surface area contributed by atoms with Crippen LogP contribution in [0.15, 0.2) is 24.3 Å². The van der Waals surface area contributed by atoms with Crippen molar-refractivity contribution in [1.29, 1.82) is 0 Å². The van der Waals surface area contributed by atoms with Gasteiger partial charge in [0.25, 0.3) is 5.91 Å². The molecule has 23 heavy (non-hydrogen) atoms. The van der Waals surface area contributed by atoms with E-state index < -0.39 is 0 Å². The number of rotatable bonds is 2. The molecule has 0 aliphatic carbocycles. The highest BCUT2D eigenvalue weighted by Crippen LogP contribution is 2.13. The highest BCUT2D eigenvalue weighted by Gasteiger charge is 2.25. The largest absolute Gasteiger partial charge is 0.453 e. The van der Waals surface area contributed by atoms with Crippen LogP contribution in [0.2, 0.25) is 0 Å². The van der Waals surface area contributed by atoms with Crippen molar-refractivity contribution in [2.24, 2.45) is 0 Å². The van der Waals surface area contributed by atoms with E-state index in [0.29, 0.717) is 37.4 Å². The summed E-state index contributed by atoms with van der Waals surface area (Å²) in [5, 5.41) is 5.08. The topological polar surface area (TPSA) is 91.0 Å². The van der Waals surface area contributed by atoms with E-state index in [9.17, 15) is 14.4 Å². The second kappa shape index (κ2) is 7.48. The van der Waals surface area contributed by atoms with Gasteiger partial charge in [0.15, 0.2) is 0 Å². The van der Waals surface area contributed by atoms with E-state index in [1.165, 1.54) is 14.2 Å². The molecule has 2 rings (SSSR count). The van der Waals surface area contributed by atoms with Crippen LogP contribution in [0.5, 0.6) is 0 Å². The summed E-state index contributed by atoms with van der Waals surface area (Å²) in [6, 6.07) is 6.36. The molecular formula is C15H20N4O4. The van der Waals surface area contributed by atoms with Crippen molar-refractivity contribution in [3.05, 3.63) is 29.8 Å². The lowest BCUT2D eigenvalue weighted by Crippen LogP contribution is -2.50. The number of hydrogen-bond donors (Lipinski definition) is 2. The zero-order valence-electron chi connectivity index (χ0n) is 13.2. The third kappa shape index (κ3) is 4.12. The fourth-order valence-electron chi connectivity index (χ4n) is 2.29. The van der Waals surface area contributed by atoms with Crippen LogP contribution >= 0.6 is 0 Å². The highest BCUT2D eigenvalue weighted by atomic mass is 16.5. The van der Waals surface area contributed by atoms with Gasteiger partial charge in [0.05, 0.1) is 7.11 Å². The zero-order valence-corrected chi connectivity index (χ0v) is 13.2. The summed E-state index contributed by atoms with van der Waals surface area (Å²) in [6.45, 7) is 1.84. The Labute approximate surface area is 134 Å². The SMILES string of the molecule is CNC(=O)Nc1ccc(C(=O)N2CCN(C(=O)OC)CC2)cc1. The molecule has 1 fully saturated rings. The molecule has 0 atom stereocenters. The minimum absolute atomic E-state index is 0.0963. The maximum atomic E-state index is 12.4. The van der Waals surface area contributed by atoms with Crippen molar-refractivity contribution in [3.8, 4) is 0 Å². The van der Waals surface area contributed by atoms with E-state index in [0.717, 1.165) is 0 Å². The average molecular weight is 320 g/mol. The lowest BCUT2D eigenvalue weighted by molar-refractivity contribution is 0.0599. The Hall–Kier alpha value is -2.77. The van der Waals surface area contributed by atoms with Gasteiger partial charge in [0, 0.05) is 44.5 Å². The van der Waals surface area contributed by atoms with Gasteiger partial charge in [-0.1, -0.05) is 0 Å². The van der Waals surface area contributed by atoms with E-state index >= 15 is 0 Å². The van der Waals surface area contributed by atoms with Crippen LogP contribution < -0.4 is 10.6 Å². The van der Waals surface area contributed by atoms with Crippen molar-refractivity contribution < 1.29 is 19.1 Å². The van der Waals surface area contributed by atoms with Crippen LogP contribution in [0.4, 0.5) is 15.3 Å². The van der Waals surface area contributed by atoms with Gasteiger partial charge in [0.1, 0.15) is 0 Å². The minimum Gasteiger partial charge on any atom is -0.453 e. The summed E-state index contributed by atoms with van der Waals surface area (Å²) in [6.07, 6.45) is -0.373. The fourth-order valence-corrected chi connectivity index (χ4v) is 2.29. The van der Waals surface area contributed by atoms with Gasteiger partial charge in [-0.3, -0.25) is 4.79 Å². The molecule has 0 radical (unpaired) electrons. The van der Waals surface area contributed by atoms with Gasteiger partial charge < -0.3 is 25.2 Å². The van der Waals surface area contributed by atoms with Crippen molar-refractivity contribution in [1.82, 2.24) is 15.1 Å². The predicted octanol–water partition coefficient (Wildman–Crippen LogP) is 0.962. The van der Waals surface area contributed by atoms with Crippen molar-refractivity contribution in [3.63, 3.8) is 0 Å². The first-order chi connectivity index (χ1) is 11.0. The summed E-state index contributed by atoms with van der Waals surface area (Å²) < 4.78 is 4.67. The quantitative estimate of drug-likeness (QED) is 0.849. The Morgan fingerprint density at radius 1 is 1.00 bits per heavy atom. The van der Waals surface area contributed by atoms with E-state index in [1.54, 1.807) is 34.1 Å². The number of piperazine rings is 1. The molecular weight excluding hydrogens is 300 g/mol. The van der Waals surface area contributed by atoms with Gasteiger partial charge in [-0.2, -0.15) is 0 Å². The predicted molar refractivity (Wildman–Crippen MR) is 84.4 cm³/mol. The lowest BCUT2D eigenvalue weighted by Gasteiger charge is -2.33. The minimum atomic E-state index is -0.373. The standard InChI is InChI=1S/C15H20N4O4/c1-16-14(21)17-12-5-3-11(4-6-12)13(20)18-7-9-19(10-8-18)15(22)23-2/h3-6H,7-10H2,1-2H3,(H2,16,17,21). The van der Waals surface area contributed by atoms with Crippen molar-refractivity contribution in [2.75, 3.05) is 45.7 Å². The summed E-state index contributed by atoms with van der Waals surface area (Å²) in [4.78, 5) is 38.3. The molecule has 0 bridgehead atoms. The second-order valence-electron chi connectivity index (χ2n) is 5.03. The normalized spacial score (nSPS) is 14.2. The fraction of sp³-hybridized carbons (Fsp3) is 0.400. The van der Waals surface area contributed by atoms with Gasteiger partial charge in [-0.25, -0.2) is 9.59 Å². The third-order valence-electron chi connectivity index (χ3n) is 3.62. The summed E-state index contributed by atoms with van der Waals surface area (Å²) >= 11 is 0. The average Bonchev–Trinajstić information content (AvgIpc) is 2.61. The first-order valence-corrected chi connectivity index (χ1v) is 7.26. The van der Waals surface area contributed by atoms with E-state index in [1.807, 2.05) is 0 Å². The number of ether oxygens (including phenoxy) is 1. The Kier molecular flexibility index (Phi) is 5.40. The second-order valence-corrected chi connectivity index (χ2v) is 5.03. The number of methoxy groups -OCH3 is 1. The van der Waals surface area contributed by atoms with E-state index in [4.69, 9.17) is 0 Å². The molecule has 0 aromatic heterocycles. The number of carbonyl (C=O) groups excluding carboxylic acids is 3. The molecule has 1 heterocycles. The maximum Gasteiger partial charge on any atom is 0.409 e. The third-order valence-corrected chi connectivity index (χ3v) is 3.62. The van der Waals surface area contributed by atoms with Crippen LogP contribution in [0.25, 0.3) is 0 Å². The number of benzene rings is 1. The number of amides is 4. The molecule has 1 aromatic carbocycles. The monoisotopic (exact) mass is 320 g/mol. The highest BCUT2D eigenvalue weighted by molar-refractivity contribution is 5.95. The molecule has 124 valence electrons. The maximum absolute atomic E-state index is 12.4. The molecule has 1 saturated heterocycles. The van der Waals surface area contributed by atoms with Crippen LogP contribution in [-0.2, 0) is 4.74 Å². The van der Waals surface area contributed by atoms with Crippen molar-refractivity contribution in [2.45, 2.75) is 0 Å². The molecule has 1 aliphatic heterocycles. The lowest BCUT2D eigenvalue weighted by atomic mass is 10.1. The number of nitrogens with zero attached hydrogens (tertiary/aromatic N) is 2. The molecule has 0 spiro atoms. The first kappa shape index (κ1) is 16.6. The zero-order chi connectivity index (χ0) is 16.8. The number of nitrogens with one attached hydrogen (secondary N) is 2. The Morgan fingerprint density at radius 3 is 2.09 bits per heavy atom. The van der Waals surface area contributed by atoms with Gasteiger partial charge in [-0.05, 0) is 24.3 Å². The molecule has 0 unspecified atom stereocenters. The first-order valence-electron chi connectivity index (χ1n) is 7.26. The van der Waals surface area contributed by atoms with Crippen LogP contribution in [0.3, 0.4) is 0 Å². The van der Waals surface area contributed by atoms with E-state index in [-0.39, 0.29) is 18.0 Å². The van der Waals surface area contributed by atoms with Crippen LogP contribution in [-0.4, -0.2) is 68.2 Å². The number of carbonyl (C=O) groups is 3. The van der Waals surface area contributed by atoms with Gasteiger partial charge in [0.2, 0.25) is 0 Å². The van der Waals surface area contributed by atoms with E-state index in [2.05, 4.69) is 15.4 Å². The molecule has 8 nitrogen and oxygen atoms in total. The molecule has 4 amide bonds. The van der Waals surface area contributed by atoms with Gasteiger partial charge >= 0.3 is 12.1 Å². The Balaban J connectivity index is 1.93.